The van der Waals surface area contributed by atoms with Crippen molar-refractivity contribution in [2.75, 3.05) is 6.61 Å². The normalized spacial score (nSPS) is 12.4. The third-order valence-electron chi connectivity index (χ3n) is 5.04. The van der Waals surface area contributed by atoms with Crippen LogP contribution in [0.2, 0.25) is 5.02 Å². The predicted octanol–water partition coefficient (Wildman–Crippen LogP) is 6.75. The first-order chi connectivity index (χ1) is 14.4. The Morgan fingerprint density at radius 1 is 0.967 bits per heavy atom. The number of allylic oxidation sites excluding steroid dienone is 1. The highest BCUT2D eigenvalue weighted by Crippen LogP contribution is 2.24. The van der Waals surface area contributed by atoms with Crippen molar-refractivity contribution in [1.82, 2.24) is 0 Å². The Hall–Kier alpha value is -3.04. The first-order valence-corrected chi connectivity index (χ1v) is 10.3. The lowest BCUT2D eigenvalue weighted by molar-refractivity contribution is -0.141. The van der Waals surface area contributed by atoms with Gasteiger partial charge in [-0.25, -0.2) is 0 Å². The summed E-state index contributed by atoms with van der Waals surface area (Å²) < 4.78 is 5.80. The van der Waals surface area contributed by atoms with E-state index in [1.165, 1.54) is 0 Å². The maximum Gasteiger partial charge on any atom is 0.306 e. The maximum atomic E-state index is 11.0. The van der Waals surface area contributed by atoms with Crippen molar-refractivity contribution in [3.05, 3.63) is 95.0 Å². The van der Waals surface area contributed by atoms with Gasteiger partial charge in [-0.3, -0.25) is 4.79 Å². The molecule has 154 valence electrons. The zero-order chi connectivity index (χ0) is 21.5. The lowest BCUT2D eigenvalue weighted by Crippen LogP contribution is -2.12. The van der Waals surface area contributed by atoms with Crippen LogP contribution >= 0.6 is 11.6 Å². The van der Waals surface area contributed by atoms with Crippen LogP contribution in [0.4, 0.5) is 0 Å². The fraction of sp³-hybridized carbons (Fsp3) is 0.192. The molecule has 0 aliphatic heterocycles. The molecule has 0 fully saturated rings. The van der Waals surface area contributed by atoms with E-state index in [0.717, 1.165) is 38.6 Å². The van der Waals surface area contributed by atoms with Gasteiger partial charge in [0, 0.05) is 5.02 Å². The second-order valence-corrected chi connectivity index (χ2v) is 7.81. The molecule has 4 heteroatoms. The van der Waals surface area contributed by atoms with Crippen LogP contribution in [-0.2, 0) is 11.2 Å². The molecule has 1 unspecified atom stereocenters. The van der Waals surface area contributed by atoms with Gasteiger partial charge in [0.1, 0.15) is 12.4 Å². The third-order valence-corrected chi connectivity index (χ3v) is 5.30. The van der Waals surface area contributed by atoms with E-state index in [4.69, 9.17) is 21.4 Å². The van der Waals surface area contributed by atoms with Gasteiger partial charge in [0.2, 0.25) is 0 Å². The number of hydrogen-bond donors (Lipinski definition) is 1. The van der Waals surface area contributed by atoms with Crippen LogP contribution in [-0.4, -0.2) is 17.7 Å². The highest BCUT2D eigenvalue weighted by molar-refractivity contribution is 6.30. The molecule has 3 nitrogen and oxygen atoms in total. The number of hydrogen-bond acceptors (Lipinski definition) is 2. The van der Waals surface area contributed by atoms with Gasteiger partial charge in [0.15, 0.2) is 0 Å². The molecule has 0 saturated carbocycles. The van der Waals surface area contributed by atoms with E-state index in [0.29, 0.717) is 13.0 Å². The molecular weight excluding hydrogens is 396 g/mol. The van der Waals surface area contributed by atoms with Crippen molar-refractivity contribution in [3.8, 4) is 16.9 Å². The standard InChI is InChI=1S/C26H25ClO3/c1-18(21-5-7-22(8-6-21)23-9-11-24(27)12-10-23)15-16-30-25-13-3-20(4-14-25)17-19(2)26(28)29/h3-15,19H,16-17H2,1-2H3,(H,28,29)/b18-15+. The van der Waals surface area contributed by atoms with Crippen LogP contribution in [0.3, 0.4) is 0 Å². The predicted molar refractivity (Wildman–Crippen MR) is 123 cm³/mol. The number of benzene rings is 3. The molecule has 30 heavy (non-hydrogen) atoms. The van der Waals surface area contributed by atoms with Gasteiger partial charge in [0.25, 0.3) is 0 Å². The Morgan fingerprint density at radius 2 is 1.53 bits per heavy atom. The zero-order valence-electron chi connectivity index (χ0n) is 17.1. The Kier molecular flexibility index (Phi) is 7.31. The smallest absolute Gasteiger partial charge is 0.306 e. The maximum absolute atomic E-state index is 11.0. The minimum absolute atomic E-state index is 0.395. The lowest BCUT2D eigenvalue weighted by Gasteiger charge is -2.09. The van der Waals surface area contributed by atoms with Crippen molar-refractivity contribution in [1.29, 1.82) is 0 Å². The van der Waals surface area contributed by atoms with E-state index in [1.807, 2.05) is 48.5 Å². The molecular formula is C26H25ClO3. The van der Waals surface area contributed by atoms with E-state index in [9.17, 15) is 4.79 Å². The van der Waals surface area contributed by atoms with Crippen LogP contribution in [0.1, 0.15) is 25.0 Å². The van der Waals surface area contributed by atoms with Gasteiger partial charge < -0.3 is 9.84 Å². The number of carboxylic acids is 1. The number of rotatable bonds is 8. The minimum Gasteiger partial charge on any atom is -0.490 e. The molecule has 0 aliphatic carbocycles. The van der Waals surface area contributed by atoms with Gasteiger partial charge in [0.05, 0.1) is 5.92 Å². The molecule has 1 N–H and O–H groups in total. The van der Waals surface area contributed by atoms with Gasteiger partial charge >= 0.3 is 5.97 Å². The zero-order valence-corrected chi connectivity index (χ0v) is 17.9. The average Bonchev–Trinajstić information content (AvgIpc) is 2.75. The van der Waals surface area contributed by atoms with Crippen LogP contribution in [0, 0.1) is 5.92 Å². The van der Waals surface area contributed by atoms with E-state index >= 15 is 0 Å². The average molecular weight is 421 g/mol. The van der Waals surface area contributed by atoms with E-state index in [-0.39, 0.29) is 0 Å². The summed E-state index contributed by atoms with van der Waals surface area (Å²) in [6, 6.07) is 23.8. The summed E-state index contributed by atoms with van der Waals surface area (Å²) in [7, 11) is 0. The Balaban J connectivity index is 1.56. The molecule has 0 aliphatic rings. The van der Waals surface area contributed by atoms with Crippen molar-refractivity contribution >= 4 is 23.1 Å². The summed E-state index contributed by atoms with van der Waals surface area (Å²) in [5.74, 6) is -0.408. The summed E-state index contributed by atoms with van der Waals surface area (Å²) in [4.78, 5) is 11.0. The lowest BCUT2D eigenvalue weighted by atomic mass is 10.0. The summed E-state index contributed by atoms with van der Waals surface area (Å²) in [6.07, 6.45) is 2.57. The van der Waals surface area contributed by atoms with Gasteiger partial charge in [-0.15, -0.1) is 0 Å². The monoisotopic (exact) mass is 420 g/mol. The Labute approximate surface area is 182 Å². The topological polar surface area (TPSA) is 46.5 Å². The fourth-order valence-corrected chi connectivity index (χ4v) is 3.24. The van der Waals surface area contributed by atoms with Crippen LogP contribution in [0.25, 0.3) is 16.7 Å². The van der Waals surface area contributed by atoms with E-state index in [2.05, 4.69) is 37.3 Å². The van der Waals surface area contributed by atoms with Crippen LogP contribution in [0.15, 0.2) is 78.9 Å². The molecule has 0 amide bonds. The van der Waals surface area contributed by atoms with Crippen molar-refractivity contribution in [3.63, 3.8) is 0 Å². The summed E-state index contributed by atoms with van der Waals surface area (Å²) in [5, 5.41) is 9.74. The molecule has 0 bridgehead atoms. The van der Waals surface area contributed by atoms with Crippen LogP contribution < -0.4 is 4.74 Å². The van der Waals surface area contributed by atoms with Crippen LogP contribution in [0.5, 0.6) is 5.75 Å². The van der Waals surface area contributed by atoms with Gasteiger partial charge in [-0.2, -0.15) is 0 Å². The van der Waals surface area contributed by atoms with Gasteiger partial charge in [-0.05, 0) is 71.5 Å². The molecule has 0 aromatic heterocycles. The molecule has 0 spiro atoms. The Morgan fingerprint density at radius 3 is 2.10 bits per heavy atom. The molecule has 3 aromatic carbocycles. The van der Waals surface area contributed by atoms with E-state index < -0.39 is 11.9 Å². The second-order valence-electron chi connectivity index (χ2n) is 7.37. The summed E-state index contributed by atoms with van der Waals surface area (Å²) >= 11 is 5.96. The largest absolute Gasteiger partial charge is 0.490 e. The quantitative estimate of drug-likeness (QED) is 0.438. The van der Waals surface area contributed by atoms with Crippen molar-refractivity contribution in [2.24, 2.45) is 5.92 Å². The van der Waals surface area contributed by atoms with Crippen molar-refractivity contribution < 1.29 is 14.6 Å². The van der Waals surface area contributed by atoms with Gasteiger partial charge in [-0.1, -0.05) is 67.1 Å². The SMILES string of the molecule is C/C(=C\COc1ccc(CC(C)C(=O)O)cc1)c1ccc(-c2ccc(Cl)cc2)cc1. The van der Waals surface area contributed by atoms with Crippen molar-refractivity contribution in [2.45, 2.75) is 20.3 Å². The van der Waals surface area contributed by atoms with E-state index in [1.54, 1.807) is 6.92 Å². The number of ether oxygens (including phenoxy) is 1. The number of aliphatic carboxylic acids is 1. The fourth-order valence-electron chi connectivity index (χ4n) is 3.11. The molecule has 0 heterocycles. The number of halogens is 1. The highest BCUT2D eigenvalue weighted by Gasteiger charge is 2.11. The summed E-state index contributed by atoms with van der Waals surface area (Å²) in [5.41, 5.74) is 5.57. The second kappa shape index (κ2) is 10.1. The summed E-state index contributed by atoms with van der Waals surface area (Å²) in [6.45, 7) is 4.25. The Bertz CT molecular complexity index is 1000. The molecule has 0 radical (unpaired) electrons. The first-order valence-electron chi connectivity index (χ1n) is 9.90. The number of carboxylic acid groups (broad SMARTS) is 1. The molecule has 0 saturated heterocycles. The third kappa shape index (κ3) is 5.98. The number of carbonyl (C=O) groups is 1. The molecule has 3 rings (SSSR count). The molecule has 3 aromatic rings. The highest BCUT2D eigenvalue weighted by atomic mass is 35.5. The molecule has 1 atom stereocenters. The first kappa shape index (κ1) is 21.7. The minimum atomic E-state index is -0.780.